The minimum Gasteiger partial charge on any atom is -0.336 e. The van der Waals surface area contributed by atoms with E-state index in [1.165, 1.54) is 15.6 Å². The third kappa shape index (κ3) is 3.31. The average Bonchev–Trinajstić information content (AvgIpc) is 3.09. The van der Waals surface area contributed by atoms with Gasteiger partial charge in [-0.3, -0.25) is 4.79 Å². The smallest absolute Gasteiger partial charge is 0.254 e. The third-order valence-electron chi connectivity index (χ3n) is 3.92. The van der Waals surface area contributed by atoms with Gasteiger partial charge in [-0.15, -0.1) is 0 Å². The molecular weight excluding hydrogens is 332 g/mol. The Hall–Kier alpha value is -1.70. The van der Waals surface area contributed by atoms with E-state index in [0.29, 0.717) is 36.6 Å². The summed E-state index contributed by atoms with van der Waals surface area (Å²) in [6, 6.07) is 8.71. The first-order chi connectivity index (χ1) is 11.0. The standard InChI is InChI=1S/C16H18N2O3S2/c1-13-3-2-4-15(11-13)23(20,21)18-8-6-17(7-9-18)16(19)14-5-10-22-12-14/h2-5,10-12H,6-9H2,1H3. The molecule has 0 spiro atoms. The number of hydrogen-bond acceptors (Lipinski definition) is 4. The van der Waals surface area contributed by atoms with Crippen LogP contribution in [0.4, 0.5) is 0 Å². The average molecular weight is 350 g/mol. The lowest BCUT2D eigenvalue weighted by Gasteiger charge is -2.34. The zero-order valence-corrected chi connectivity index (χ0v) is 14.4. The van der Waals surface area contributed by atoms with Crippen LogP contribution in [0.3, 0.4) is 0 Å². The minimum absolute atomic E-state index is 0.0288. The first-order valence-electron chi connectivity index (χ1n) is 7.37. The second-order valence-corrected chi connectivity index (χ2v) is 8.24. The summed E-state index contributed by atoms with van der Waals surface area (Å²) >= 11 is 1.48. The topological polar surface area (TPSA) is 57.7 Å². The molecule has 23 heavy (non-hydrogen) atoms. The molecule has 0 radical (unpaired) electrons. The summed E-state index contributed by atoms with van der Waals surface area (Å²) < 4.78 is 26.8. The maximum Gasteiger partial charge on any atom is 0.254 e. The Morgan fingerprint density at radius 2 is 1.87 bits per heavy atom. The normalized spacial score (nSPS) is 16.5. The van der Waals surface area contributed by atoms with Gasteiger partial charge < -0.3 is 4.90 Å². The van der Waals surface area contributed by atoms with Crippen LogP contribution < -0.4 is 0 Å². The fourth-order valence-corrected chi connectivity index (χ4v) is 4.78. The number of rotatable bonds is 3. The monoisotopic (exact) mass is 350 g/mol. The Bertz CT molecular complexity index is 792. The quantitative estimate of drug-likeness (QED) is 0.853. The number of hydrogen-bond donors (Lipinski definition) is 0. The number of carbonyl (C=O) groups is 1. The van der Waals surface area contributed by atoms with Gasteiger partial charge in [0.15, 0.2) is 0 Å². The number of amides is 1. The van der Waals surface area contributed by atoms with Crippen molar-refractivity contribution in [2.45, 2.75) is 11.8 Å². The fraction of sp³-hybridized carbons (Fsp3) is 0.312. The van der Waals surface area contributed by atoms with Gasteiger partial charge in [0.1, 0.15) is 0 Å². The van der Waals surface area contributed by atoms with Gasteiger partial charge in [-0.1, -0.05) is 12.1 Å². The maximum absolute atomic E-state index is 12.7. The minimum atomic E-state index is -3.49. The Labute approximate surface area is 140 Å². The predicted octanol–water partition coefficient (Wildman–Crippen LogP) is 2.20. The summed E-state index contributed by atoms with van der Waals surface area (Å²) in [6.45, 7) is 3.36. The highest BCUT2D eigenvalue weighted by Gasteiger charge is 2.30. The Morgan fingerprint density at radius 3 is 2.48 bits per heavy atom. The predicted molar refractivity (Wildman–Crippen MR) is 90.2 cm³/mol. The van der Waals surface area contributed by atoms with Crippen LogP contribution in [0.2, 0.25) is 0 Å². The van der Waals surface area contributed by atoms with Crippen molar-refractivity contribution in [3.05, 3.63) is 52.2 Å². The molecule has 0 unspecified atom stereocenters. The van der Waals surface area contributed by atoms with Gasteiger partial charge in [-0.25, -0.2) is 8.42 Å². The molecule has 5 nitrogen and oxygen atoms in total. The van der Waals surface area contributed by atoms with Crippen molar-refractivity contribution >= 4 is 27.3 Å². The number of carbonyl (C=O) groups excluding carboxylic acids is 1. The van der Waals surface area contributed by atoms with E-state index in [1.54, 1.807) is 29.2 Å². The fourth-order valence-electron chi connectivity index (χ4n) is 2.63. The molecule has 3 rings (SSSR count). The highest BCUT2D eigenvalue weighted by Crippen LogP contribution is 2.19. The van der Waals surface area contributed by atoms with Gasteiger partial charge in [0.25, 0.3) is 5.91 Å². The van der Waals surface area contributed by atoms with Crippen molar-refractivity contribution < 1.29 is 13.2 Å². The SMILES string of the molecule is Cc1cccc(S(=O)(=O)N2CCN(C(=O)c3ccsc3)CC2)c1. The number of benzene rings is 1. The summed E-state index contributed by atoms with van der Waals surface area (Å²) in [5, 5.41) is 3.68. The molecule has 1 fully saturated rings. The Morgan fingerprint density at radius 1 is 1.13 bits per heavy atom. The molecule has 0 aliphatic carbocycles. The van der Waals surface area contributed by atoms with E-state index < -0.39 is 10.0 Å². The van der Waals surface area contributed by atoms with Crippen molar-refractivity contribution in [1.82, 2.24) is 9.21 Å². The highest BCUT2D eigenvalue weighted by molar-refractivity contribution is 7.89. The van der Waals surface area contributed by atoms with Gasteiger partial charge in [0.05, 0.1) is 10.5 Å². The van der Waals surface area contributed by atoms with Gasteiger partial charge in [0, 0.05) is 31.6 Å². The van der Waals surface area contributed by atoms with Crippen LogP contribution in [0, 0.1) is 6.92 Å². The molecule has 7 heteroatoms. The molecule has 1 amide bonds. The molecule has 1 aliphatic rings. The molecule has 1 aromatic heterocycles. The lowest BCUT2D eigenvalue weighted by atomic mass is 10.2. The zero-order chi connectivity index (χ0) is 16.4. The third-order valence-corrected chi connectivity index (χ3v) is 6.50. The second-order valence-electron chi connectivity index (χ2n) is 5.52. The first-order valence-corrected chi connectivity index (χ1v) is 9.75. The van der Waals surface area contributed by atoms with E-state index in [1.807, 2.05) is 23.8 Å². The Kier molecular flexibility index (Phi) is 4.52. The van der Waals surface area contributed by atoms with Crippen LogP contribution in [0.5, 0.6) is 0 Å². The highest BCUT2D eigenvalue weighted by atomic mass is 32.2. The lowest BCUT2D eigenvalue weighted by Crippen LogP contribution is -2.50. The molecule has 0 N–H and O–H groups in total. The van der Waals surface area contributed by atoms with Gasteiger partial charge in [-0.2, -0.15) is 15.6 Å². The van der Waals surface area contributed by atoms with Crippen LogP contribution in [0.1, 0.15) is 15.9 Å². The maximum atomic E-state index is 12.7. The Balaban J connectivity index is 1.70. The van der Waals surface area contributed by atoms with Crippen molar-refractivity contribution in [3.63, 3.8) is 0 Å². The van der Waals surface area contributed by atoms with Crippen molar-refractivity contribution in [2.75, 3.05) is 26.2 Å². The molecule has 2 heterocycles. The molecule has 0 atom stereocenters. The van der Waals surface area contributed by atoms with E-state index in [9.17, 15) is 13.2 Å². The van der Waals surface area contributed by atoms with Crippen molar-refractivity contribution in [2.24, 2.45) is 0 Å². The number of nitrogens with zero attached hydrogens (tertiary/aromatic N) is 2. The molecule has 0 saturated carbocycles. The lowest BCUT2D eigenvalue weighted by molar-refractivity contribution is 0.0698. The van der Waals surface area contributed by atoms with Crippen LogP contribution in [0.25, 0.3) is 0 Å². The summed E-state index contributed by atoms with van der Waals surface area (Å²) in [4.78, 5) is 14.3. The van der Waals surface area contributed by atoms with Crippen LogP contribution in [-0.4, -0.2) is 49.7 Å². The van der Waals surface area contributed by atoms with Crippen LogP contribution in [-0.2, 0) is 10.0 Å². The van der Waals surface area contributed by atoms with Crippen molar-refractivity contribution in [1.29, 1.82) is 0 Å². The number of aryl methyl sites for hydroxylation is 1. The summed E-state index contributed by atoms with van der Waals surface area (Å²) in [7, 11) is -3.49. The zero-order valence-electron chi connectivity index (χ0n) is 12.8. The molecule has 0 bridgehead atoms. The van der Waals surface area contributed by atoms with Gasteiger partial charge in [-0.05, 0) is 36.1 Å². The van der Waals surface area contributed by atoms with Crippen molar-refractivity contribution in [3.8, 4) is 0 Å². The van der Waals surface area contributed by atoms with E-state index >= 15 is 0 Å². The summed E-state index contributed by atoms with van der Waals surface area (Å²) in [5.74, 6) is -0.0288. The molecular formula is C16H18N2O3S2. The number of sulfonamides is 1. The molecule has 122 valence electrons. The largest absolute Gasteiger partial charge is 0.336 e. The first kappa shape index (κ1) is 16.2. The molecule has 1 saturated heterocycles. The summed E-state index contributed by atoms with van der Waals surface area (Å²) in [6.07, 6.45) is 0. The molecule has 1 aliphatic heterocycles. The second kappa shape index (κ2) is 6.43. The van der Waals surface area contributed by atoms with Crippen LogP contribution >= 0.6 is 11.3 Å². The summed E-state index contributed by atoms with van der Waals surface area (Å²) in [5.41, 5.74) is 1.59. The van der Waals surface area contributed by atoms with E-state index in [-0.39, 0.29) is 5.91 Å². The molecule has 2 aromatic rings. The number of thiophene rings is 1. The van der Waals surface area contributed by atoms with E-state index in [2.05, 4.69) is 0 Å². The van der Waals surface area contributed by atoms with Gasteiger partial charge >= 0.3 is 0 Å². The molecule has 1 aromatic carbocycles. The van der Waals surface area contributed by atoms with E-state index in [4.69, 9.17) is 0 Å². The number of piperazine rings is 1. The van der Waals surface area contributed by atoms with Gasteiger partial charge in [0.2, 0.25) is 10.0 Å². The van der Waals surface area contributed by atoms with Crippen LogP contribution in [0.15, 0.2) is 46.0 Å². The van der Waals surface area contributed by atoms with E-state index in [0.717, 1.165) is 5.56 Å².